The van der Waals surface area contributed by atoms with Crippen LogP contribution in [0, 0.1) is 0 Å². The maximum absolute atomic E-state index is 10.5. The van der Waals surface area contributed by atoms with Gasteiger partial charge in [0, 0.05) is 44.0 Å². The maximum atomic E-state index is 10.5. The van der Waals surface area contributed by atoms with E-state index in [2.05, 4.69) is 46.8 Å². The van der Waals surface area contributed by atoms with Gasteiger partial charge in [-0.2, -0.15) is 11.8 Å². The first-order valence-corrected chi connectivity index (χ1v) is 11.0. The number of thioether (sulfide) groups is 1. The average molecular weight is 387 g/mol. The summed E-state index contributed by atoms with van der Waals surface area (Å²) >= 11 is 1.84. The van der Waals surface area contributed by atoms with Gasteiger partial charge in [-0.15, -0.1) is 0 Å². The van der Waals surface area contributed by atoms with Crippen molar-refractivity contribution in [1.82, 2.24) is 10.2 Å². The largest absolute Gasteiger partial charge is 0.491 e. The van der Waals surface area contributed by atoms with Gasteiger partial charge in [-0.1, -0.05) is 42.5 Å². The van der Waals surface area contributed by atoms with Crippen LogP contribution in [0.25, 0.3) is 0 Å². The van der Waals surface area contributed by atoms with E-state index in [0.717, 1.165) is 49.7 Å². The molecule has 2 aromatic rings. The van der Waals surface area contributed by atoms with Crippen LogP contribution in [0.1, 0.15) is 16.7 Å². The highest BCUT2D eigenvalue weighted by molar-refractivity contribution is 7.98. The predicted molar refractivity (Wildman–Crippen MR) is 113 cm³/mol. The number of benzene rings is 2. The third-order valence-corrected chi connectivity index (χ3v) is 5.49. The first-order valence-electron chi connectivity index (χ1n) is 9.64. The zero-order valence-electron chi connectivity index (χ0n) is 16.1. The smallest absolute Gasteiger partial charge is 0.123 e. The van der Waals surface area contributed by atoms with Crippen LogP contribution in [0.3, 0.4) is 0 Å². The molecule has 4 nitrogen and oxygen atoms in total. The SMILES string of the molecule is CSCCNCc1ccccc1OCC(O)CN1CCc2ccccc2C1. The van der Waals surface area contributed by atoms with Crippen molar-refractivity contribution in [2.24, 2.45) is 0 Å². The second-order valence-corrected chi connectivity index (χ2v) is 7.98. The molecule has 1 atom stereocenters. The lowest BCUT2D eigenvalue weighted by molar-refractivity contribution is 0.0634. The van der Waals surface area contributed by atoms with Gasteiger partial charge in [0.1, 0.15) is 18.5 Å². The van der Waals surface area contributed by atoms with Crippen LogP contribution in [-0.2, 0) is 19.5 Å². The highest BCUT2D eigenvalue weighted by Crippen LogP contribution is 2.20. The van der Waals surface area contributed by atoms with E-state index >= 15 is 0 Å². The van der Waals surface area contributed by atoms with Crippen LogP contribution < -0.4 is 10.1 Å². The van der Waals surface area contributed by atoms with Gasteiger partial charge in [-0.25, -0.2) is 0 Å². The zero-order chi connectivity index (χ0) is 18.9. The van der Waals surface area contributed by atoms with Gasteiger partial charge in [-0.05, 0) is 29.9 Å². The number of hydrogen-bond donors (Lipinski definition) is 2. The second-order valence-electron chi connectivity index (χ2n) is 7.00. The Labute approximate surface area is 166 Å². The van der Waals surface area contributed by atoms with Gasteiger partial charge in [0.25, 0.3) is 0 Å². The maximum Gasteiger partial charge on any atom is 0.123 e. The molecule has 1 aliphatic heterocycles. The minimum absolute atomic E-state index is 0.319. The fourth-order valence-electron chi connectivity index (χ4n) is 3.43. The molecule has 1 aliphatic rings. The summed E-state index contributed by atoms with van der Waals surface area (Å²) in [5, 5.41) is 13.9. The number of aliphatic hydroxyl groups is 1. The lowest BCUT2D eigenvalue weighted by Gasteiger charge is -2.30. The summed E-state index contributed by atoms with van der Waals surface area (Å²) in [6, 6.07) is 16.6. The molecular formula is C22H30N2O2S. The molecule has 0 aromatic heterocycles. The number of aliphatic hydroxyl groups excluding tert-OH is 1. The van der Waals surface area contributed by atoms with Gasteiger partial charge in [0.05, 0.1) is 0 Å². The molecule has 27 heavy (non-hydrogen) atoms. The number of nitrogens with zero attached hydrogens (tertiary/aromatic N) is 1. The highest BCUT2D eigenvalue weighted by Gasteiger charge is 2.19. The number of ether oxygens (including phenoxy) is 1. The third kappa shape index (κ3) is 6.25. The van der Waals surface area contributed by atoms with Gasteiger partial charge in [-0.3, -0.25) is 4.90 Å². The molecule has 0 saturated heterocycles. The summed E-state index contributed by atoms with van der Waals surface area (Å²) < 4.78 is 5.95. The quantitative estimate of drug-likeness (QED) is 0.615. The summed E-state index contributed by atoms with van der Waals surface area (Å²) in [7, 11) is 0. The second kappa shape index (κ2) is 10.7. The topological polar surface area (TPSA) is 44.7 Å². The number of β-amino-alcohol motifs (C(OH)–C–C–N with tert-alkyl or cyclic N) is 1. The van der Waals surface area contributed by atoms with Gasteiger partial charge in [0.2, 0.25) is 0 Å². The number of para-hydroxylation sites is 1. The molecule has 0 aliphatic carbocycles. The Morgan fingerprint density at radius 3 is 2.78 bits per heavy atom. The number of hydrogen-bond acceptors (Lipinski definition) is 5. The van der Waals surface area contributed by atoms with Crippen molar-refractivity contribution in [3.8, 4) is 5.75 Å². The van der Waals surface area contributed by atoms with Gasteiger partial charge >= 0.3 is 0 Å². The third-order valence-electron chi connectivity index (χ3n) is 4.88. The van der Waals surface area contributed by atoms with E-state index in [1.54, 1.807) is 0 Å². The monoisotopic (exact) mass is 386 g/mol. The molecule has 0 saturated carbocycles. The fraction of sp³-hybridized carbons (Fsp3) is 0.455. The van der Waals surface area contributed by atoms with Crippen LogP contribution in [0.15, 0.2) is 48.5 Å². The summed E-state index contributed by atoms with van der Waals surface area (Å²) in [4.78, 5) is 2.31. The lowest BCUT2D eigenvalue weighted by atomic mass is 10.00. The Bertz CT molecular complexity index is 710. The zero-order valence-corrected chi connectivity index (χ0v) is 16.9. The van der Waals surface area contributed by atoms with Crippen LogP contribution >= 0.6 is 11.8 Å². The Morgan fingerprint density at radius 1 is 1.15 bits per heavy atom. The molecule has 3 rings (SSSR count). The van der Waals surface area contributed by atoms with E-state index < -0.39 is 6.10 Å². The van der Waals surface area contributed by atoms with Gasteiger partial charge < -0.3 is 15.2 Å². The molecule has 0 spiro atoms. The lowest BCUT2D eigenvalue weighted by Crippen LogP contribution is -2.38. The van der Waals surface area contributed by atoms with Crippen LogP contribution in [-0.4, -0.2) is 54.4 Å². The minimum atomic E-state index is -0.493. The number of fused-ring (bicyclic) bond motifs is 1. The molecule has 2 N–H and O–H groups in total. The van der Waals surface area contributed by atoms with E-state index in [0.29, 0.717) is 13.2 Å². The summed E-state index contributed by atoms with van der Waals surface area (Å²) in [6.07, 6.45) is 2.67. The van der Waals surface area contributed by atoms with Crippen molar-refractivity contribution in [2.45, 2.75) is 25.6 Å². The molecule has 0 fully saturated rings. The van der Waals surface area contributed by atoms with Crippen LogP contribution in [0.2, 0.25) is 0 Å². The molecule has 1 heterocycles. The van der Waals surface area contributed by atoms with Gasteiger partial charge in [0.15, 0.2) is 0 Å². The Morgan fingerprint density at radius 2 is 1.93 bits per heavy atom. The van der Waals surface area contributed by atoms with Crippen molar-refractivity contribution in [2.75, 3.05) is 38.2 Å². The van der Waals surface area contributed by atoms with Crippen molar-refractivity contribution >= 4 is 11.8 Å². The molecule has 0 radical (unpaired) electrons. The highest BCUT2D eigenvalue weighted by atomic mass is 32.2. The van der Waals surface area contributed by atoms with Crippen molar-refractivity contribution in [1.29, 1.82) is 0 Å². The molecular weight excluding hydrogens is 356 g/mol. The van der Waals surface area contributed by atoms with Crippen molar-refractivity contribution in [3.63, 3.8) is 0 Å². The van der Waals surface area contributed by atoms with Crippen molar-refractivity contribution < 1.29 is 9.84 Å². The number of nitrogens with one attached hydrogen (secondary N) is 1. The van der Waals surface area contributed by atoms with Crippen LogP contribution in [0.4, 0.5) is 0 Å². The Balaban J connectivity index is 1.46. The average Bonchev–Trinajstić information content (AvgIpc) is 2.70. The molecule has 0 bridgehead atoms. The Kier molecular flexibility index (Phi) is 8.02. The molecule has 5 heteroatoms. The van der Waals surface area contributed by atoms with E-state index in [1.165, 1.54) is 11.1 Å². The Hall–Kier alpha value is -1.53. The summed E-state index contributed by atoms with van der Waals surface area (Å²) in [5.41, 5.74) is 3.94. The van der Waals surface area contributed by atoms with Crippen LogP contribution in [0.5, 0.6) is 5.75 Å². The summed E-state index contributed by atoms with van der Waals surface area (Å²) in [6.45, 7) is 4.62. The first-order chi connectivity index (χ1) is 13.3. The first kappa shape index (κ1) is 20.2. The van der Waals surface area contributed by atoms with E-state index in [4.69, 9.17) is 4.74 Å². The normalized spacial score (nSPS) is 15.3. The number of rotatable bonds is 10. The van der Waals surface area contributed by atoms with E-state index in [1.807, 2.05) is 30.0 Å². The minimum Gasteiger partial charge on any atom is -0.491 e. The fourth-order valence-corrected chi connectivity index (χ4v) is 3.78. The molecule has 2 aromatic carbocycles. The summed E-state index contributed by atoms with van der Waals surface area (Å²) in [5.74, 6) is 1.96. The van der Waals surface area contributed by atoms with Crippen molar-refractivity contribution in [3.05, 3.63) is 65.2 Å². The standard InChI is InChI=1S/C22H30N2O2S/c1-27-13-11-23-14-19-7-4-5-9-22(19)26-17-21(25)16-24-12-10-18-6-2-3-8-20(18)15-24/h2-9,21,23,25H,10-17H2,1H3. The molecule has 1 unspecified atom stereocenters. The molecule has 146 valence electrons. The molecule has 0 amide bonds. The van der Waals surface area contributed by atoms with E-state index in [9.17, 15) is 5.11 Å². The predicted octanol–water partition coefficient (Wildman–Crippen LogP) is 2.94. The van der Waals surface area contributed by atoms with E-state index in [-0.39, 0.29) is 0 Å².